The normalized spacial score (nSPS) is 14.1. The van der Waals surface area contributed by atoms with Crippen LogP contribution in [0.15, 0.2) is 24.3 Å². The van der Waals surface area contributed by atoms with Crippen molar-refractivity contribution < 1.29 is 14.4 Å². The summed E-state index contributed by atoms with van der Waals surface area (Å²) in [6.07, 6.45) is 3.09. The van der Waals surface area contributed by atoms with Gasteiger partial charge in [-0.1, -0.05) is 12.1 Å². The van der Waals surface area contributed by atoms with Gasteiger partial charge in [-0.15, -0.1) is 0 Å². The maximum absolute atomic E-state index is 12.8. The number of carbonyl (C=O) groups excluding carboxylic acids is 3. The molecule has 0 atom stereocenters. The van der Waals surface area contributed by atoms with E-state index in [1.807, 2.05) is 0 Å². The maximum Gasteiger partial charge on any atom is 0.296 e. The monoisotopic (exact) mass is 368 g/mol. The summed E-state index contributed by atoms with van der Waals surface area (Å²) in [5.74, 6) is -1.54. The van der Waals surface area contributed by atoms with Crippen LogP contribution in [0, 0.1) is 13.8 Å². The summed E-state index contributed by atoms with van der Waals surface area (Å²) < 4.78 is 1.57. The molecule has 2 amide bonds. The minimum atomic E-state index is -0.770. The van der Waals surface area contributed by atoms with Gasteiger partial charge in [-0.25, -0.2) is 0 Å². The zero-order valence-corrected chi connectivity index (χ0v) is 15.9. The lowest BCUT2D eigenvalue weighted by molar-refractivity contribution is -0.112. The molecule has 1 aromatic heterocycles. The fourth-order valence-electron chi connectivity index (χ4n) is 3.44. The van der Waals surface area contributed by atoms with E-state index in [-0.39, 0.29) is 5.91 Å². The topological polar surface area (TPSA) is 84.3 Å². The van der Waals surface area contributed by atoms with E-state index < -0.39 is 11.7 Å². The number of Topliss-reactive ketones (excluding diaryl/α,β-unsaturated/α-hetero) is 1. The number of anilines is 1. The number of aromatic nitrogens is 2. The molecular weight excluding hydrogens is 344 g/mol. The van der Waals surface area contributed by atoms with E-state index >= 15 is 0 Å². The molecule has 7 nitrogen and oxygen atoms in total. The second-order valence-electron chi connectivity index (χ2n) is 6.85. The lowest BCUT2D eigenvalue weighted by Crippen LogP contribution is -2.36. The van der Waals surface area contributed by atoms with Crippen LogP contribution >= 0.6 is 0 Å². The molecule has 3 rings (SSSR count). The fourth-order valence-corrected chi connectivity index (χ4v) is 3.44. The highest BCUT2D eigenvalue weighted by molar-refractivity contribution is 6.47. The zero-order chi connectivity index (χ0) is 19.6. The molecule has 142 valence electrons. The van der Waals surface area contributed by atoms with Gasteiger partial charge in [-0.2, -0.15) is 5.10 Å². The van der Waals surface area contributed by atoms with E-state index in [1.165, 1.54) is 0 Å². The Kier molecular flexibility index (Phi) is 5.39. The third kappa shape index (κ3) is 3.77. The summed E-state index contributed by atoms with van der Waals surface area (Å²) in [4.78, 5) is 39.8. The molecule has 2 heterocycles. The smallest absolute Gasteiger partial charge is 0.296 e. The maximum atomic E-state index is 12.8. The largest absolute Gasteiger partial charge is 0.339 e. The highest BCUT2D eigenvalue weighted by atomic mass is 16.2. The Morgan fingerprint density at radius 1 is 1.04 bits per heavy atom. The zero-order valence-electron chi connectivity index (χ0n) is 15.9. The van der Waals surface area contributed by atoms with Crippen molar-refractivity contribution in [2.24, 2.45) is 7.05 Å². The number of aryl methyl sites for hydroxylation is 2. The van der Waals surface area contributed by atoms with Crippen LogP contribution in [0.4, 0.5) is 5.69 Å². The highest BCUT2D eigenvalue weighted by Gasteiger charge is 2.26. The second kappa shape index (κ2) is 7.73. The minimum absolute atomic E-state index is 0.119. The van der Waals surface area contributed by atoms with Crippen molar-refractivity contribution >= 4 is 23.3 Å². The van der Waals surface area contributed by atoms with Crippen LogP contribution in [-0.2, 0) is 11.8 Å². The van der Waals surface area contributed by atoms with E-state index in [2.05, 4.69) is 10.4 Å². The van der Waals surface area contributed by atoms with Crippen molar-refractivity contribution in [3.8, 4) is 0 Å². The van der Waals surface area contributed by atoms with Crippen LogP contribution in [0.25, 0.3) is 0 Å². The van der Waals surface area contributed by atoms with Crippen molar-refractivity contribution in [3.63, 3.8) is 0 Å². The van der Waals surface area contributed by atoms with Crippen molar-refractivity contribution in [2.45, 2.75) is 33.1 Å². The molecule has 1 N–H and O–H groups in total. The van der Waals surface area contributed by atoms with Gasteiger partial charge in [0, 0.05) is 25.8 Å². The van der Waals surface area contributed by atoms with Crippen LogP contribution in [0.3, 0.4) is 0 Å². The number of likely N-dealkylation sites (tertiary alicyclic amines) is 1. The first kappa shape index (κ1) is 18.8. The van der Waals surface area contributed by atoms with Crippen LogP contribution in [0.1, 0.15) is 51.4 Å². The Hall–Kier alpha value is -2.96. The number of piperidine rings is 1. The molecule has 27 heavy (non-hydrogen) atoms. The van der Waals surface area contributed by atoms with Gasteiger partial charge in [0.25, 0.3) is 17.6 Å². The molecule has 0 saturated carbocycles. The molecule has 1 saturated heterocycles. The Morgan fingerprint density at radius 2 is 1.70 bits per heavy atom. The second-order valence-corrected chi connectivity index (χ2v) is 6.85. The van der Waals surface area contributed by atoms with Gasteiger partial charge in [-0.05, 0) is 45.2 Å². The summed E-state index contributed by atoms with van der Waals surface area (Å²) in [5, 5.41) is 6.80. The lowest BCUT2D eigenvalue weighted by atomic mass is 10.1. The average Bonchev–Trinajstić information content (AvgIpc) is 2.93. The van der Waals surface area contributed by atoms with Gasteiger partial charge in [0.1, 0.15) is 0 Å². The first-order chi connectivity index (χ1) is 12.9. The van der Waals surface area contributed by atoms with Crippen LogP contribution in [0.5, 0.6) is 0 Å². The first-order valence-electron chi connectivity index (χ1n) is 9.14. The molecule has 7 heteroatoms. The number of carbonyl (C=O) groups is 3. The van der Waals surface area contributed by atoms with Crippen LogP contribution < -0.4 is 5.32 Å². The average molecular weight is 368 g/mol. The molecule has 0 spiro atoms. The van der Waals surface area contributed by atoms with E-state index in [4.69, 9.17) is 0 Å². The summed E-state index contributed by atoms with van der Waals surface area (Å²) in [7, 11) is 1.73. The molecule has 1 aromatic carbocycles. The molecule has 0 aliphatic carbocycles. The predicted octanol–water partition coefficient (Wildman–Crippen LogP) is 2.48. The van der Waals surface area contributed by atoms with Crippen LogP contribution in [-0.4, -0.2) is 45.4 Å². The number of nitrogens with one attached hydrogen (secondary N) is 1. The quantitative estimate of drug-likeness (QED) is 0.664. The number of ketones is 1. The lowest BCUT2D eigenvalue weighted by Gasteiger charge is -2.27. The number of para-hydroxylation sites is 1. The predicted molar refractivity (Wildman–Crippen MR) is 102 cm³/mol. The number of amides is 2. The SMILES string of the molecule is Cc1nn(C)c(C)c1C(=O)C(=O)Nc1ccccc1C(=O)N1CCCCC1. The van der Waals surface area contributed by atoms with Gasteiger partial charge in [0.2, 0.25) is 0 Å². The molecular formula is C20H24N4O3. The molecule has 2 aromatic rings. The standard InChI is InChI=1S/C20H24N4O3/c1-13-17(14(2)23(3)22-13)18(25)19(26)21-16-10-6-5-9-15(16)20(27)24-11-7-4-8-12-24/h5-6,9-10H,4,7-8,11-12H2,1-3H3,(H,21,26). The summed E-state index contributed by atoms with van der Waals surface area (Å²) in [6.45, 7) is 4.87. The summed E-state index contributed by atoms with van der Waals surface area (Å²) >= 11 is 0. The Balaban J connectivity index is 1.82. The van der Waals surface area contributed by atoms with E-state index in [9.17, 15) is 14.4 Å². The van der Waals surface area contributed by atoms with E-state index in [0.29, 0.717) is 41.3 Å². The van der Waals surface area contributed by atoms with Crippen molar-refractivity contribution in [1.82, 2.24) is 14.7 Å². The number of benzene rings is 1. The minimum Gasteiger partial charge on any atom is -0.339 e. The fraction of sp³-hybridized carbons (Fsp3) is 0.400. The molecule has 1 aliphatic heterocycles. The third-order valence-electron chi connectivity index (χ3n) is 4.99. The van der Waals surface area contributed by atoms with E-state index in [1.54, 1.807) is 54.7 Å². The third-order valence-corrected chi connectivity index (χ3v) is 4.99. The van der Waals surface area contributed by atoms with Crippen molar-refractivity contribution in [2.75, 3.05) is 18.4 Å². The molecule has 1 aliphatic rings. The van der Waals surface area contributed by atoms with Crippen LogP contribution in [0.2, 0.25) is 0 Å². The molecule has 0 unspecified atom stereocenters. The van der Waals surface area contributed by atoms with E-state index in [0.717, 1.165) is 19.3 Å². The summed E-state index contributed by atoms with van der Waals surface area (Å²) in [5.41, 5.74) is 2.19. The van der Waals surface area contributed by atoms with Gasteiger partial charge in [0.05, 0.1) is 22.5 Å². The van der Waals surface area contributed by atoms with Crippen molar-refractivity contribution in [3.05, 3.63) is 46.8 Å². The highest BCUT2D eigenvalue weighted by Crippen LogP contribution is 2.21. The number of hydrogen-bond acceptors (Lipinski definition) is 4. The summed E-state index contributed by atoms with van der Waals surface area (Å²) in [6, 6.07) is 6.81. The molecule has 0 bridgehead atoms. The van der Waals surface area contributed by atoms with Gasteiger partial charge >= 0.3 is 0 Å². The van der Waals surface area contributed by atoms with Crippen molar-refractivity contribution in [1.29, 1.82) is 0 Å². The number of hydrogen-bond donors (Lipinski definition) is 1. The Bertz CT molecular complexity index is 895. The molecule has 1 fully saturated rings. The van der Waals surface area contributed by atoms with Gasteiger partial charge in [-0.3, -0.25) is 19.1 Å². The Labute approximate surface area is 158 Å². The van der Waals surface area contributed by atoms with Gasteiger partial charge < -0.3 is 10.2 Å². The Morgan fingerprint density at radius 3 is 2.33 bits per heavy atom. The molecule has 0 radical (unpaired) electrons. The number of nitrogens with zero attached hydrogens (tertiary/aromatic N) is 3. The first-order valence-corrected chi connectivity index (χ1v) is 9.14. The van der Waals surface area contributed by atoms with Gasteiger partial charge in [0.15, 0.2) is 0 Å². The number of rotatable bonds is 4.